The van der Waals surface area contributed by atoms with Gasteiger partial charge in [0.15, 0.2) is 0 Å². The van der Waals surface area contributed by atoms with Crippen molar-refractivity contribution >= 4 is 11.4 Å². The maximum Gasteiger partial charge on any atom is 0.0401 e. The van der Waals surface area contributed by atoms with Crippen molar-refractivity contribution in [3.05, 3.63) is 48.5 Å². The molecule has 0 amide bonds. The van der Waals surface area contributed by atoms with Gasteiger partial charge in [-0.1, -0.05) is 30.3 Å². The van der Waals surface area contributed by atoms with Gasteiger partial charge in [-0.3, -0.25) is 0 Å². The second-order valence-electron chi connectivity index (χ2n) is 3.11. The third kappa shape index (κ3) is 1.55. The van der Waals surface area contributed by atoms with Gasteiger partial charge in [0.2, 0.25) is 0 Å². The summed E-state index contributed by atoms with van der Waals surface area (Å²) in [6, 6.07) is 16.4. The summed E-state index contributed by atoms with van der Waals surface area (Å²) in [4.78, 5) is 0. The van der Waals surface area contributed by atoms with Gasteiger partial charge in [-0.2, -0.15) is 0 Å². The molecule has 14 heavy (non-hydrogen) atoms. The molecule has 2 heteroatoms. The van der Waals surface area contributed by atoms with E-state index in [1.807, 2.05) is 42.5 Å². The van der Waals surface area contributed by atoms with E-state index in [0.29, 0.717) is 5.69 Å². The van der Waals surface area contributed by atoms with Crippen LogP contribution in [0, 0.1) is 6.07 Å². The normalized spacial score (nSPS) is 10.0. The lowest BCUT2D eigenvalue weighted by Crippen LogP contribution is -1.90. The molecule has 0 unspecified atom stereocenters. The molecule has 0 bridgehead atoms. The van der Waals surface area contributed by atoms with Crippen LogP contribution in [0.2, 0.25) is 0 Å². The van der Waals surface area contributed by atoms with Crippen molar-refractivity contribution in [2.75, 3.05) is 11.5 Å². The smallest absolute Gasteiger partial charge is 0.0401 e. The van der Waals surface area contributed by atoms with Gasteiger partial charge in [-0.15, -0.1) is 0 Å². The Morgan fingerprint density at radius 3 is 2.36 bits per heavy atom. The van der Waals surface area contributed by atoms with Gasteiger partial charge < -0.3 is 11.5 Å². The second-order valence-corrected chi connectivity index (χ2v) is 3.11. The van der Waals surface area contributed by atoms with E-state index in [0.717, 1.165) is 16.8 Å². The largest absolute Gasteiger partial charge is 0.398 e. The van der Waals surface area contributed by atoms with Crippen molar-refractivity contribution in [2.24, 2.45) is 0 Å². The third-order valence-electron chi connectivity index (χ3n) is 2.07. The maximum atomic E-state index is 5.84. The monoisotopic (exact) mass is 183 g/mol. The van der Waals surface area contributed by atoms with Gasteiger partial charge in [0.05, 0.1) is 0 Å². The summed E-state index contributed by atoms with van der Waals surface area (Å²) in [5.41, 5.74) is 14.8. The summed E-state index contributed by atoms with van der Waals surface area (Å²) in [5.74, 6) is 0. The zero-order valence-electron chi connectivity index (χ0n) is 7.70. The molecule has 4 N–H and O–H groups in total. The van der Waals surface area contributed by atoms with Crippen molar-refractivity contribution in [1.82, 2.24) is 0 Å². The van der Waals surface area contributed by atoms with E-state index in [9.17, 15) is 0 Å². The minimum absolute atomic E-state index is 0.630. The van der Waals surface area contributed by atoms with Crippen LogP contribution in [-0.4, -0.2) is 0 Å². The average molecular weight is 183 g/mol. The zero-order chi connectivity index (χ0) is 9.97. The number of para-hydroxylation sites is 1. The molecule has 2 aromatic carbocycles. The highest BCUT2D eigenvalue weighted by Crippen LogP contribution is 2.25. The zero-order valence-corrected chi connectivity index (χ0v) is 7.70. The Morgan fingerprint density at radius 1 is 0.857 bits per heavy atom. The summed E-state index contributed by atoms with van der Waals surface area (Å²) in [6.45, 7) is 0. The first kappa shape index (κ1) is 8.63. The van der Waals surface area contributed by atoms with E-state index in [4.69, 9.17) is 11.5 Å². The molecule has 2 rings (SSSR count). The second kappa shape index (κ2) is 3.42. The van der Waals surface area contributed by atoms with E-state index in [2.05, 4.69) is 6.07 Å². The average Bonchev–Trinajstić information content (AvgIpc) is 2.18. The number of rotatable bonds is 1. The summed E-state index contributed by atoms with van der Waals surface area (Å²) in [5, 5.41) is 0. The van der Waals surface area contributed by atoms with Crippen molar-refractivity contribution in [3.8, 4) is 11.1 Å². The maximum absolute atomic E-state index is 5.84. The standard InChI is InChI=1S/C12H11N2/c13-10-5-3-4-9(8-10)11-6-1-2-7-12(11)14/h1-7H,13-14H2. The van der Waals surface area contributed by atoms with E-state index in [-0.39, 0.29) is 0 Å². The lowest BCUT2D eigenvalue weighted by molar-refractivity contribution is 1.59. The molecule has 69 valence electrons. The molecule has 2 aromatic rings. The predicted octanol–water partition coefficient (Wildman–Crippen LogP) is 2.32. The summed E-state index contributed by atoms with van der Waals surface area (Å²) < 4.78 is 0. The first-order valence-corrected chi connectivity index (χ1v) is 4.40. The van der Waals surface area contributed by atoms with Crippen LogP contribution < -0.4 is 11.5 Å². The van der Waals surface area contributed by atoms with Crippen LogP contribution in [0.15, 0.2) is 42.5 Å². The molecular weight excluding hydrogens is 172 g/mol. The quantitative estimate of drug-likeness (QED) is 0.666. The molecular formula is C12H11N2. The van der Waals surface area contributed by atoms with Gasteiger partial charge in [-0.05, 0) is 17.7 Å². The summed E-state index contributed by atoms with van der Waals surface area (Å²) in [6.07, 6.45) is 0. The molecule has 0 aromatic heterocycles. The van der Waals surface area contributed by atoms with Crippen LogP contribution in [0.4, 0.5) is 11.4 Å². The highest BCUT2D eigenvalue weighted by atomic mass is 14.6. The van der Waals surface area contributed by atoms with Crippen LogP contribution in [0.1, 0.15) is 0 Å². The number of nitrogen functional groups attached to an aromatic ring is 2. The van der Waals surface area contributed by atoms with E-state index in [1.54, 1.807) is 0 Å². The van der Waals surface area contributed by atoms with Crippen LogP contribution in [-0.2, 0) is 0 Å². The first-order chi connectivity index (χ1) is 6.77. The molecule has 0 fully saturated rings. The van der Waals surface area contributed by atoms with Crippen LogP contribution in [0.5, 0.6) is 0 Å². The van der Waals surface area contributed by atoms with Gasteiger partial charge in [0.25, 0.3) is 0 Å². The molecule has 0 saturated carbocycles. The van der Waals surface area contributed by atoms with Crippen molar-refractivity contribution < 1.29 is 0 Å². The Hall–Kier alpha value is -1.96. The molecule has 0 heterocycles. The van der Waals surface area contributed by atoms with Gasteiger partial charge in [-0.25, -0.2) is 0 Å². The van der Waals surface area contributed by atoms with Crippen molar-refractivity contribution in [3.63, 3.8) is 0 Å². The lowest BCUT2D eigenvalue weighted by Gasteiger charge is -2.05. The number of benzene rings is 2. The van der Waals surface area contributed by atoms with Crippen LogP contribution >= 0.6 is 0 Å². The number of anilines is 2. The fourth-order valence-corrected chi connectivity index (χ4v) is 1.39. The molecule has 0 atom stereocenters. The van der Waals surface area contributed by atoms with E-state index < -0.39 is 0 Å². The molecule has 2 nitrogen and oxygen atoms in total. The molecule has 1 radical (unpaired) electrons. The summed E-state index contributed by atoms with van der Waals surface area (Å²) in [7, 11) is 0. The highest BCUT2D eigenvalue weighted by Gasteiger charge is 2.01. The molecule has 0 spiro atoms. The SMILES string of the molecule is Nc1[c]c(-c2ccccc2N)ccc1. The van der Waals surface area contributed by atoms with Gasteiger partial charge in [0.1, 0.15) is 0 Å². The third-order valence-corrected chi connectivity index (χ3v) is 2.07. The molecule has 0 aliphatic heterocycles. The Kier molecular flexibility index (Phi) is 2.11. The Balaban J connectivity index is 2.55. The first-order valence-electron chi connectivity index (χ1n) is 4.40. The molecule has 0 aliphatic rings. The number of hydrogen-bond acceptors (Lipinski definition) is 2. The fraction of sp³-hybridized carbons (Fsp3) is 0. The molecule has 0 aliphatic carbocycles. The van der Waals surface area contributed by atoms with Crippen LogP contribution in [0.3, 0.4) is 0 Å². The number of nitrogens with two attached hydrogens (primary N) is 2. The predicted molar refractivity (Wildman–Crippen MR) is 59.5 cm³/mol. The Morgan fingerprint density at radius 2 is 1.64 bits per heavy atom. The minimum atomic E-state index is 0.630. The summed E-state index contributed by atoms with van der Waals surface area (Å²) >= 11 is 0. The van der Waals surface area contributed by atoms with Gasteiger partial charge >= 0.3 is 0 Å². The Labute approximate surface area is 83.2 Å². The van der Waals surface area contributed by atoms with E-state index in [1.165, 1.54) is 0 Å². The molecule has 0 saturated heterocycles. The Bertz CT molecular complexity index is 450. The fourth-order valence-electron chi connectivity index (χ4n) is 1.39. The van der Waals surface area contributed by atoms with Crippen molar-refractivity contribution in [1.29, 1.82) is 0 Å². The highest BCUT2D eigenvalue weighted by molar-refractivity contribution is 5.77. The lowest BCUT2D eigenvalue weighted by atomic mass is 10.0. The number of hydrogen-bond donors (Lipinski definition) is 2. The topological polar surface area (TPSA) is 52.0 Å². The minimum Gasteiger partial charge on any atom is -0.398 e. The van der Waals surface area contributed by atoms with Gasteiger partial charge in [0, 0.05) is 23.0 Å². The van der Waals surface area contributed by atoms with E-state index >= 15 is 0 Å². The van der Waals surface area contributed by atoms with Crippen LogP contribution in [0.25, 0.3) is 11.1 Å². The van der Waals surface area contributed by atoms with Crippen molar-refractivity contribution in [2.45, 2.75) is 0 Å².